The van der Waals surface area contributed by atoms with Crippen molar-refractivity contribution in [3.8, 4) is 0 Å². The van der Waals surface area contributed by atoms with Crippen LogP contribution in [0.4, 0.5) is 0 Å². The van der Waals surface area contributed by atoms with E-state index in [2.05, 4.69) is 20.6 Å². The third-order valence-corrected chi connectivity index (χ3v) is 8.76. The van der Waals surface area contributed by atoms with Gasteiger partial charge in [0.15, 0.2) is 0 Å². The van der Waals surface area contributed by atoms with Crippen molar-refractivity contribution in [2.24, 2.45) is 0 Å². The van der Waals surface area contributed by atoms with Gasteiger partial charge in [-0.3, -0.25) is 9.97 Å². The standard InChI is InChI=1S/C20H15ClN2O2.C19H13ClN2O2/c1-25-20(24)17-12-23(19-5-3-2-4-16(17)19)11-13-6-7-18-14(8-13)9-15(21)10-22-18;20-14-8-13-7-12(5-6-17(13)21-9-14)10-22-11-16(19(23)24)15-3-1-2-4-18(15)22/h2-10,12H,11H2,1H3;1-9,11H,10H2,(H,23,24). The molecule has 4 aromatic carbocycles. The molecule has 0 unspecified atom stereocenters. The second kappa shape index (κ2) is 13.4. The summed E-state index contributed by atoms with van der Waals surface area (Å²) in [6, 6.07) is 31.2. The highest BCUT2D eigenvalue weighted by Crippen LogP contribution is 2.26. The van der Waals surface area contributed by atoms with Gasteiger partial charge >= 0.3 is 11.9 Å². The highest BCUT2D eigenvalue weighted by Gasteiger charge is 2.16. The van der Waals surface area contributed by atoms with E-state index in [9.17, 15) is 14.7 Å². The van der Waals surface area contributed by atoms with Gasteiger partial charge in [0, 0.05) is 70.5 Å². The van der Waals surface area contributed by atoms with Crippen molar-refractivity contribution in [1.82, 2.24) is 19.1 Å². The van der Waals surface area contributed by atoms with Gasteiger partial charge in [0.05, 0.1) is 39.3 Å². The normalized spacial score (nSPS) is 11.2. The lowest BCUT2D eigenvalue weighted by atomic mass is 10.1. The lowest BCUT2D eigenvalue weighted by Gasteiger charge is -2.07. The summed E-state index contributed by atoms with van der Waals surface area (Å²) in [4.78, 5) is 32.1. The molecule has 1 N–H and O–H groups in total. The molecule has 8 nitrogen and oxygen atoms in total. The maximum atomic E-state index is 12.0. The van der Waals surface area contributed by atoms with E-state index in [1.807, 2.05) is 102 Å². The number of fused-ring (bicyclic) bond motifs is 4. The number of aromatic carboxylic acids is 1. The molecule has 0 aliphatic carbocycles. The molecule has 8 aromatic rings. The van der Waals surface area contributed by atoms with Crippen molar-refractivity contribution in [3.05, 3.63) is 154 Å². The number of methoxy groups -OCH3 is 1. The number of esters is 1. The fraction of sp³-hybridized carbons (Fsp3) is 0.0769. The van der Waals surface area contributed by atoms with Crippen LogP contribution in [0.25, 0.3) is 43.6 Å². The molecule has 4 aromatic heterocycles. The second-order valence-electron chi connectivity index (χ2n) is 11.5. The molecule has 0 saturated carbocycles. The average molecular weight is 688 g/mol. The summed E-state index contributed by atoms with van der Waals surface area (Å²) in [6.07, 6.45) is 6.80. The van der Waals surface area contributed by atoms with E-state index in [0.717, 1.165) is 54.7 Å². The number of benzene rings is 4. The zero-order valence-electron chi connectivity index (χ0n) is 26.2. The summed E-state index contributed by atoms with van der Waals surface area (Å²) in [6.45, 7) is 1.22. The number of carbonyl (C=O) groups excluding carboxylic acids is 1. The Hall–Kier alpha value is -5.70. The highest BCUT2D eigenvalue weighted by molar-refractivity contribution is 6.31. The fourth-order valence-electron chi connectivity index (χ4n) is 6.10. The van der Waals surface area contributed by atoms with Gasteiger partial charge in [-0.2, -0.15) is 0 Å². The van der Waals surface area contributed by atoms with Gasteiger partial charge in [-0.1, -0.05) is 71.7 Å². The lowest BCUT2D eigenvalue weighted by Crippen LogP contribution is -2.01. The molecular weight excluding hydrogens is 659 g/mol. The van der Waals surface area contributed by atoms with Gasteiger partial charge in [0.25, 0.3) is 0 Å². The maximum Gasteiger partial charge on any atom is 0.340 e. The topological polar surface area (TPSA) is 99.2 Å². The summed E-state index contributed by atoms with van der Waals surface area (Å²) in [5.74, 6) is -1.25. The van der Waals surface area contributed by atoms with Crippen LogP contribution in [0, 0.1) is 0 Å². The first-order chi connectivity index (χ1) is 23.8. The summed E-state index contributed by atoms with van der Waals surface area (Å²) < 4.78 is 8.92. The molecule has 0 bridgehead atoms. The first-order valence-electron chi connectivity index (χ1n) is 15.3. The second-order valence-corrected chi connectivity index (χ2v) is 12.4. The molecule has 0 fully saturated rings. The van der Waals surface area contributed by atoms with Crippen molar-refractivity contribution in [1.29, 1.82) is 0 Å². The number of carbonyl (C=O) groups is 2. The maximum absolute atomic E-state index is 12.0. The number of aromatic nitrogens is 4. The van der Waals surface area contributed by atoms with E-state index in [1.54, 1.807) is 18.6 Å². The van der Waals surface area contributed by atoms with Gasteiger partial charge in [-0.25, -0.2) is 9.59 Å². The molecule has 4 heterocycles. The Bertz CT molecular complexity index is 2540. The first-order valence-corrected chi connectivity index (χ1v) is 16.1. The zero-order valence-corrected chi connectivity index (χ0v) is 27.7. The number of carboxylic acids is 1. The number of nitrogens with zero attached hydrogens (tertiary/aromatic N) is 4. The van der Waals surface area contributed by atoms with Gasteiger partial charge in [0.2, 0.25) is 0 Å². The Kier molecular flexibility index (Phi) is 8.74. The van der Waals surface area contributed by atoms with Crippen molar-refractivity contribution >= 4 is 78.8 Å². The molecule has 0 atom stereocenters. The first kappa shape index (κ1) is 31.9. The molecule has 49 heavy (non-hydrogen) atoms. The molecule has 0 aliphatic heterocycles. The monoisotopic (exact) mass is 686 g/mol. The highest BCUT2D eigenvalue weighted by atomic mass is 35.5. The number of hydrogen-bond acceptors (Lipinski definition) is 5. The van der Waals surface area contributed by atoms with Crippen LogP contribution in [-0.4, -0.2) is 43.3 Å². The van der Waals surface area contributed by atoms with Crippen LogP contribution >= 0.6 is 23.2 Å². The van der Waals surface area contributed by atoms with Crippen LogP contribution in [0.15, 0.2) is 122 Å². The molecule has 0 spiro atoms. The summed E-state index contributed by atoms with van der Waals surface area (Å²) in [7, 11) is 1.40. The van der Waals surface area contributed by atoms with E-state index >= 15 is 0 Å². The molecule has 0 aliphatic rings. The van der Waals surface area contributed by atoms with Crippen LogP contribution in [-0.2, 0) is 17.8 Å². The van der Waals surface area contributed by atoms with Gasteiger partial charge in [-0.15, -0.1) is 0 Å². The van der Waals surface area contributed by atoms with Crippen LogP contribution in [0.2, 0.25) is 10.0 Å². The molecule has 0 saturated heterocycles. The smallest absolute Gasteiger partial charge is 0.340 e. The Morgan fingerprint density at radius 3 is 1.63 bits per heavy atom. The Morgan fingerprint density at radius 2 is 1.14 bits per heavy atom. The number of rotatable bonds is 6. The van der Waals surface area contributed by atoms with E-state index in [1.165, 1.54) is 7.11 Å². The van der Waals surface area contributed by atoms with Gasteiger partial charge in [0.1, 0.15) is 0 Å². The third kappa shape index (κ3) is 6.56. The van der Waals surface area contributed by atoms with Crippen molar-refractivity contribution in [2.45, 2.75) is 13.1 Å². The molecule has 242 valence electrons. The molecule has 0 amide bonds. The van der Waals surface area contributed by atoms with Crippen LogP contribution in [0.3, 0.4) is 0 Å². The minimum absolute atomic E-state index is 0.316. The number of carboxylic acid groups (broad SMARTS) is 1. The number of para-hydroxylation sites is 2. The summed E-state index contributed by atoms with van der Waals surface area (Å²) in [5.41, 5.74) is 6.73. The largest absolute Gasteiger partial charge is 0.478 e. The van der Waals surface area contributed by atoms with Gasteiger partial charge in [-0.05, 0) is 59.7 Å². The molecule has 10 heteroatoms. The van der Waals surface area contributed by atoms with E-state index in [-0.39, 0.29) is 5.97 Å². The van der Waals surface area contributed by atoms with E-state index in [0.29, 0.717) is 34.3 Å². The number of ether oxygens (including phenoxy) is 1. The van der Waals surface area contributed by atoms with Crippen LogP contribution in [0.1, 0.15) is 31.8 Å². The minimum atomic E-state index is -0.917. The number of pyridine rings is 2. The predicted molar refractivity (Wildman–Crippen MR) is 194 cm³/mol. The van der Waals surface area contributed by atoms with Crippen LogP contribution in [0.5, 0.6) is 0 Å². The zero-order chi connectivity index (χ0) is 34.1. The van der Waals surface area contributed by atoms with Gasteiger partial charge < -0.3 is 19.0 Å². The SMILES string of the molecule is COC(=O)c1cn(Cc2ccc3ncc(Cl)cc3c2)c2ccccc12.O=C(O)c1cn(Cc2ccc3ncc(Cl)cc3c2)c2ccccc12. The number of halogens is 2. The number of hydrogen-bond donors (Lipinski definition) is 1. The molecular formula is C39H28Cl2N4O4. The van der Waals surface area contributed by atoms with Crippen LogP contribution < -0.4 is 0 Å². The fourth-order valence-corrected chi connectivity index (χ4v) is 6.43. The van der Waals surface area contributed by atoms with Crippen molar-refractivity contribution < 1.29 is 19.4 Å². The predicted octanol–water partition coefficient (Wildman–Crippen LogP) is 9.27. The summed E-state index contributed by atoms with van der Waals surface area (Å²) in [5, 5.41) is 14.2. The lowest BCUT2D eigenvalue weighted by molar-refractivity contribution is 0.0601. The molecule has 8 rings (SSSR count). The Balaban J connectivity index is 0.000000154. The Morgan fingerprint density at radius 1 is 0.673 bits per heavy atom. The van der Waals surface area contributed by atoms with Crippen molar-refractivity contribution in [3.63, 3.8) is 0 Å². The van der Waals surface area contributed by atoms with E-state index < -0.39 is 5.97 Å². The molecule has 0 radical (unpaired) electrons. The minimum Gasteiger partial charge on any atom is -0.478 e. The quantitative estimate of drug-likeness (QED) is 0.175. The van der Waals surface area contributed by atoms with E-state index in [4.69, 9.17) is 27.9 Å². The Labute approximate surface area is 290 Å². The summed E-state index contributed by atoms with van der Waals surface area (Å²) >= 11 is 12.1. The third-order valence-electron chi connectivity index (χ3n) is 8.34. The average Bonchev–Trinajstić information content (AvgIpc) is 3.66. The van der Waals surface area contributed by atoms with Crippen molar-refractivity contribution in [2.75, 3.05) is 7.11 Å².